The molecule has 0 aliphatic heterocycles. The van der Waals surface area contributed by atoms with Crippen LogP contribution < -0.4 is 0 Å². The van der Waals surface area contributed by atoms with E-state index in [0.29, 0.717) is 0 Å². The molecule has 0 spiro atoms. The van der Waals surface area contributed by atoms with E-state index in [4.69, 9.17) is 0 Å². The first-order valence-corrected chi connectivity index (χ1v) is 1.15. The summed E-state index contributed by atoms with van der Waals surface area (Å²) in [5, 5.41) is 0. The summed E-state index contributed by atoms with van der Waals surface area (Å²) >= 11 is 0. The molecule has 0 heterocycles. The van der Waals surface area contributed by atoms with Crippen LogP contribution in [0.2, 0.25) is 0 Å². The lowest BCUT2D eigenvalue weighted by atomic mass is 10.3. The van der Waals surface area contributed by atoms with Crippen molar-refractivity contribution in [2.75, 3.05) is 0 Å². The van der Waals surface area contributed by atoms with Crippen LogP contribution in [0.4, 0.5) is 0 Å². The van der Waals surface area contributed by atoms with Gasteiger partial charge in [-0.25, -0.2) is 0 Å². The van der Waals surface area contributed by atoms with E-state index in [1.807, 2.05) is 0 Å². The van der Waals surface area contributed by atoms with Gasteiger partial charge in [0.1, 0.15) is 0 Å². The van der Waals surface area contributed by atoms with E-state index in [0.717, 1.165) is 0 Å². The molecule has 0 fully saturated rings. The third kappa shape index (κ3) is 0.0282. The first kappa shape index (κ1) is 1.77. The molecule has 0 nitrogen and oxygen atoms in total. The monoisotopic (exact) mass is 50.0 g/mol. The summed E-state index contributed by atoms with van der Waals surface area (Å²) in [4.78, 5) is 0. The lowest BCUT2D eigenvalue weighted by molar-refractivity contribution is 1.67. The van der Waals surface area contributed by atoms with Gasteiger partial charge in [0.2, 0.25) is 0 Å². The van der Waals surface area contributed by atoms with E-state index in [1.165, 1.54) is 0 Å². The maximum Gasteiger partial charge on any atom is -0.0171 e. The van der Waals surface area contributed by atoms with E-state index in [-0.39, 0.29) is 0 Å². The molecule has 0 saturated carbocycles. The lowest BCUT2D eigenvalue weighted by Crippen LogP contribution is -1.59. The normalized spacial score (nSPS) is 16.0. The predicted octanol–water partition coefficient (Wildman–Crippen LogP) is 0.719. The van der Waals surface area contributed by atoms with Gasteiger partial charge in [0.25, 0.3) is 0 Å². The highest BCUT2D eigenvalue weighted by molar-refractivity contribution is 5.09. The van der Waals surface area contributed by atoms with Gasteiger partial charge in [-0.1, -0.05) is 0 Å². The van der Waals surface area contributed by atoms with Gasteiger partial charge < -0.3 is 0 Å². The standard InChI is InChI=1S/C4H2/c1-2-4-3-1/h1,4H. The van der Waals surface area contributed by atoms with Crippen LogP contribution in [0.5, 0.6) is 0 Å². The van der Waals surface area contributed by atoms with Gasteiger partial charge in [-0.2, -0.15) is 0 Å². The van der Waals surface area contributed by atoms with Gasteiger partial charge in [0, 0.05) is 0 Å². The first-order chi connectivity index (χ1) is 2.00. The summed E-state index contributed by atoms with van der Waals surface area (Å²) < 4.78 is 0. The fourth-order valence-electron chi connectivity index (χ4n) is 0.0833. The highest BCUT2D eigenvalue weighted by Gasteiger charge is 1.68. The molecule has 0 aromatic carbocycles. The van der Waals surface area contributed by atoms with E-state index in [2.05, 4.69) is 12.2 Å². The zero-order chi connectivity index (χ0) is 2.83. The number of rotatable bonds is 0. The van der Waals surface area contributed by atoms with Crippen LogP contribution in [0.3, 0.4) is 0 Å². The molecule has 0 unspecified atom stereocenters. The Labute approximate surface area is 25.4 Å². The predicted molar refractivity (Wildman–Crippen MR) is 15.6 cm³/mol. The highest BCUT2D eigenvalue weighted by Crippen LogP contribution is 1.83. The molecule has 0 saturated heterocycles. The van der Waals surface area contributed by atoms with Gasteiger partial charge in [-0.05, 0) is 24.3 Å². The molecular weight excluding hydrogens is 48.0 g/mol. The molecule has 4 heavy (non-hydrogen) atoms. The van der Waals surface area contributed by atoms with Gasteiger partial charge in [-0.3, -0.25) is 0 Å². The Bertz CT molecular complexity index is 40.4. The molecule has 18 valence electrons. The van der Waals surface area contributed by atoms with Crippen molar-refractivity contribution in [2.24, 2.45) is 0 Å². The van der Waals surface area contributed by atoms with Crippen LogP contribution in [-0.2, 0) is 0 Å². The van der Waals surface area contributed by atoms with Crippen molar-refractivity contribution in [2.45, 2.75) is 0 Å². The fraction of sp³-hybridized carbons (Fsp3) is 0. The Kier molecular flexibility index (Phi) is 0.198. The van der Waals surface area contributed by atoms with Crippen LogP contribution >= 0.6 is 0 Å². The second kappa shape index (κ2) is 0.449. The van der Waals surface area contributed by atoms with E-state index >= 15 is 0 Å². The van der Waals surface area contributed by atoms with E-state index in [1.54, 1.807) is 12.2 Å². The van der Waals surface area contributed by atoms with E-state index < -0.39 is 0 Å². The Morgan fingerprint density at radius 3 is 1.25 bits per heavy atom. The van der Waals surface area contributed by atoms with Crippen LogP contribution in [0.25, 0.3) is 0 Å². The third-order valence-electron chi connectivity index (χ3n) is 0.333. The minimum atomic E-state index is 1.75. The lowest BCUT2D eigenvalue weighted by Gasteiger charge is -1.74. The Morgan fingerprint density at radius 1 is 1.00 bits per heavy atom. The molecule has 0 heteroatoms. The molecule has 1 rings (SSSR count). The quantitative estimate of drug-likeness (QED) is 0.379. The molecule has 1 aliphatic rings. The molecule has 0 aromatic rings. The molecule has 0 atom stereocenters. The van der Waals surface area contributed by atoms with Crippen molar-refractivity contribution in [3.8, 4) is 0 Å². The highest BCUT2D eigenvalue weighted by atomic mass is 13.7. The minimum absolute atomic E-state index is 1.75. The van der Waals surface area contributed by atoms with Crippen LogP contribution in [0, 0.1) is 12.2 Å². The average Bonchev–Trinajstić information content (AvgIpc) is 0.722. The maximum absolute atomic E-state index is 2.75. The third-order valence-corrected chi connectivity index (χ3v) is 0.333. The Morgan fingerprint density at radius 2 is 1.25 bits per heavy atom. The van der Waals surface area contributed by atoms with Gasteiger partial charge in [0.05, 0.1) is 0 Å². The van der Waals surface area contributed by atoms with Crippen LogP contribution in [0.1, 0.15) is 0 Å². The maximum atomic E-state index is 2.75. The number of allylic oxidation sites excluding steroid dienone is 4. The zero-order valence-corrected chi connectivity index (χ0v) is 2.15. The van der Waals surface area contributed by atoms with Crippen molar-refractivity contribution in [1.82, 2.24) is 0 Å². The molecule has 0 amide bonds. The van der Waals surface area contributed by atoms with Crippen molar-refractivity contribution in [3.63, 3.8) is 0 Å². The molecule has 0 bridgehead atoms. The summed E-state index contributed by atoms with van der Waals surface area (Å²) in [7, 11) is 0. The van der Waals surface area contributed by atoms with Crippen molar-refractivity contribution >= 4 is 0 Å². The van der Waals surface area contributed by atoms with Crippen molar-refractivity contribution in [3.05, 3.63) is 24.3 Å². The fourth-order valence-corrected chi connectivity index (χ4v) is 0.0833. The Hall–Kier alpha value is -0.520. The van der Waals surface area contributed by atoms with Gasteiger partial charge in [0.15, 0.2) is 0 Å². The van der Waals surface area contributed by atoms with Crippen molar-refractivity contribution < 1.29 is 0 Å². The molecule has 1 aliphatic carbocycles. The molecule has 2 radical (unpaired) electrons. The summed E-state index contributed by atoms with van der Waals surface area (Å²) in [6.07, 6.45) is 9.00. The SMILES string of the molecule is [C]1=C[C]=C1. The summed E-state index contributed by atoms with van der Waals surface area (Å²) in [6, 6.07) is 0. The largest absolute Gasteiger partial charge is 0.0465 e. The topological polar surface area (TPSA) is 0 Å². The van der Waals surface area contributed by atoms with Crippen LogP contribution in [-0.4, -0.2) is 0 Å². The minimum Gasteiger partial charge on any atom is -0.0465 e. The molecule has 0 N–H and O–H groups in total. The summed E-state index contributed by atoms with van der Waals surface area (Å²) in [5.41, 5.74) is 0. The van der Waals surface area contributed by atoms with Crippen molar-refractivity contribution in [1.29, 1.82) is 0 Å². The smallest absolute Gasteiger partial charge is 0.0171 e. The first-order valence-electron chi connectivity index (χ1n) is 1.15. The summed E-state index contributed by atoms with van der Waals surface area (Å²) in [5.74, 6) is 0. The van der Waals surface area contributed by atoms with Gasteiger partial charge in [-0.15, -0.1) is 0 Å². The van der Waals surface area contributed by atoms with E-state index in [9.17, 15) is 0 Å². The van der Waals surface area contributed by atoms with Crippen LogP contribution in [0.15, 0.2) is 12.2 Å². The van der Waals surface area contributed by atoms with Gasteiger partial charge >= 0.3 is 0 Å². The number of hydrogen-bond acceptors (Lipinski definition) is 0. The molecule has 0 aromatic heterocycles. The summed E-state index contributed by atoms with van der Waals surface area (Å²) in [6.45, 7) is 0. The second-order valence-electron chi connectivity index (χ2n) is 0.622. The second-order valence-corrected chi connectivity index (χ2v) is 0.622. The average molecular weight is 50.1 g/mol. The Balaban J connectivity index is 2.67. The zero-order valence-electron chi connectivity index (χ0n) is 2.15. The molecular formula is C4H2. The number of hydrogen-bond donors (Lipinski definition) is 0.